The van der Waals surface area contributed by atoms with Crippen LogP contribution in [0.5, 0.6) is 0 Å². The van der Waals surface area contributed by atoms with E-state index in [1.165, 1.54) is 6.07 Å². The van der Waals surface area contributed by atoms with E-state index in [1.807, 2.05) is 32.8 Å². The third-order valence-corrected chi connectivity index (χ3v) is 3.88. The minimum Gasteiger partial charge on any atom is -0.297 e. The molecule has 0 aliphatic rings. The second-order valence-electron chi connectivity index (χ2n) is 4.86. The number of carbonyl (C=O) groups is 1. The SMILES string of the molecule is CCC(C)(C(=O)Cc1ccc(Cl)cc1F)N(C)C. The summed E-state index contributed by atoms with van der Waals surface area (Å²) in [5.74, 6) is -0.413. The summed E-state index contributed by atoms with van der Waals surface area (Å²) < 4.78 is 13.7. The van der Waals surface area contributed by atoms with Gasteiger partial charge in [-0.3, -0.25) is 9.69 Å². The zero-order valence-electron chi connectivity index (χ0n) is 11.3. The number of halogens is 2. The van der Waals surface area contributed by atoms with Crippen molar-refractivity contribution in [2.24, 2.45) is 0 Å². The Kier molecular flexibility index (Phi) is 4.88. The van der Waals surface area contributed by atoms with E-state index in [4.69, 9.17) is 11.6 Å². The van der Waals surface area contributed by atoms with Crippen LogP contribution in [0.3, 0.4) is 0 Å². The lowest BCUT2D eigenvalue weighted by Crippen LogP contribution is -2.48. The van der Waals surface area contributed by atoms with Crippen LogP contribution in [0.1, 0.15) is 25.8 Å². The fraction of sp³-hybridized carbons (Fsp3) is 0.500. The first-order valence-corrected chi connectivity index (χ1v) is 6.33. The molecule has 0 heterocycles. The highest BCUT2D eigenvalue weighted by atomic mass is 35.5. The number of carbonyl (C=O) groups excluding carboxylic acids is 1. The van der Waals surface area contributed by atoms with Crippen LogP contribution in [-0.4, -0.2) is 30.3 Å². The molecule has 18 heavy (non-hydrogen) atoms. The molecule has 1 aromatic rings. The quantitative estimate of drug-likeness (QED) is 0.819. The summed E-state index contributed by atoms with van der Waals surface area (Å²) in [6.07, 6.45) is 0.777. The van der Waals surface area contributed by atoms with Gasteiger partial charge in [0.25, 0.3) is 0 Å². The summed E-state index contributed by atoms with van der Waals surface area (Å²) >= 11 is 5.69. The van der Waals surface area contributed by atoms with Gasteiger partial charge in [-0.05, 0) is 45.1 Å². The van der Waals surface area contributed by atoms with Gasteiger partial charge in [-0.2, -0.15) is 0 Å². The van der Waals surface area contributed by atoms with Crippen LogP contribution in [0.2, 0.25) is 5.02 Å². The topological polar surface area (TPSA) is 20.3 Å². The zero-order valence-corrected chi connectivity index (χ0v) is 12.0. The molecule has 0 amide bonds. The molecule has 1 atom stereocenters. The lowest BCUT2D eigenvalue weighted by molar-refractivity contribution is -0.128. The molecule has 0 aromatic heterocycles. The van der Waals surface area contributed by atoms with E-state index in [0.29, 0.717) is 17.0 Å². The van der Waals surface area contributed by atoms with Crippen LogP contribution in [0, 0.1) is 5.82 Å². The molecule has 0 radical (unpaired) electrons. The van der Waals surface area contributed by atoms with E-state index in [2.05, 4.69) is 0 Å². The first kappa shape index (κ1) is 15.1. The number of rotatable bonds is 5. The second-order valence-corrected chi connectivity index (χ2v) is 5.29. The Hall–Kier alpha value is -0.930. The van der Waals surface area contributed by atoms with E-state index in [-0.39, 0.29) is 12.2 Å². The predicted molar refractivity (Wildman–Crippen MR) is 72.5 cm³/mol. The van der Waals surface area contributed by atoms with Crippen molar-refractivity contribution in [3.8, 4) is 0 Å². The molecular weight excluding hydrogens is 253 g/mol. The Bertz CT molecular complexity index is 447. The largest absolute Gasteiger partial charge is 0.297 e. The first-order chi connectivity index (χ1) is 8.31. The fourth-order valence-corrected chi connectivity index (χ4v) is 1.95. The molecule has 1 unspecified atom stereocenters. The van der Waals surface area contributed by atoms with E-state index >= 15 is 0 Å². The maximum atomic E-state index is 13.7. The standard InChI is InChI=1S/C14H19ClFNO/c1-5-14(2,17(3)4)13(18)8-10-6-7-11(15)9-12(10)16/h6-7,9H,5,8H2,1-4H3. The number of benzene rings is 1. The van der Waals surface area contributed by atoms with Gasteiger partial charge in [-0.1, -0.05) is 24.6 Å². The molecule has 0 spiro atoms. The third-order valence-electron chi connectivity index (χ3n) is 3.64. The number of Topliss-reactive ketones (excluding diaryl/α,β-unsaturated/α-hetero) is 1. The molecule has 1 aromatic carbocycles. The highest BCUT2D eigenvalue weighted by Gasteiger charge is 2.33. The van der Waals surface area contributed by atoms with Gasteiger partial charge in [0.05, 0.1) is 5.54 Å². The van der Waals surface area contributed by atoms with Crippen molar-refractivity contribution in [2.45, 2.75) is 32.2 Å². The van der Waals surface area contributed by atoms with Gasteiger partial charge in [-0.15, -0.1) is 0 Å². The Morgan fingerprint density at radius 1 is 1.44 bits per heavy atom. The summed E-state index contributed by atoms with van der Waals surface area (Å²) in [6, 6.07) is 4.41. The van der Waals surface area contributed by atoms with E-state index in [9.17, 15) is 9.18 Å². The van der Waals surface area contributed by atoms with Crippen LogP contribution < -0.4 is 0 Å². The summed E-state index contributed by atoms with van der Waals surface area (Å²) in [4.78, 5) is 14.2. The monoisotopic (exact) mass is 271 g/mol. The van der Waals surface area contributed by atoms with Crippen LogP contribution in [0.15, 0.2) is 18.2 Å². The molecule has 0 saturated carbocycles. The number of ketones is 1. The summed E-state index contributed by atoms with van der Waals surface area (Å²) in [6.45, 7) is 3.83. The molecule has 2 nitrogen and oxygen atoms in total. The Morgan fingerprint density at radius 3 is 2.50 bits per heavy atom. The number of hydrogen-bond donors (Lipinski definition) is 0. The van der Waals surface area contributed by atoms with Crippen LogP contribution in [-0.2, 0) is 11.2 Å². The molecule has 0 fully saturated rings. The maximum Gasteiger partial charge on any atom is 0.157 e. The summed E-state index contributed by atoms with van der Waals surface area (Å²) in [5.41, 5.74) is -0.169. The third kappa shape index (κ3) is 3.09. The molecule has 0 saturated heterocycles. The first-order valence-electron chi connectivity index (χ1n) is 5.96. The van der Waals surface area contributed by atoms with Gasteiger partial charge in [0.2, 0.25) is 0 Å². The van der Waals surface area contributed by atoms with Gasteiger partial charge in [-0.25, -0.2) is 4.39 Å². The minimum absolute atomic E-state index is 0.0104. The zero-order chi connectivity index (χ0) is 13.9. The van der Waals surface area contributed by atoms with Crippen LogP contribution in [0.25, 0.3) is 0 Å². The second kappa shape index (κ2) is 5.81. The molecule has 4 heteroatoms. The molecule has 0 N–H and O–H groups in total. The molecular formula is C14H19ClFNO. The van der Waals surface area contributed by atoms with Crippen molar-refractivity contribution in [3.05, 3.63) is 34.6 Å². The van der Waals surface area contributed by atoms with Crippen molar-refractivity contribution in [1.82, 2.24) is 4.90 Å². The van der Waals surface area contributed by atoms with Crippen molar-refractivity contribution in [3.63, 3.8) is 0 Å². The van der Waals surface area contributed by atoms with Crippen molar-refractivity contribution >= 4 is 17.4 Å². The van der Waals surface area contributed by atoms with Gasteiger partial charge in [0.1, 0.15) is 5.82 Å². The average Bonchev–Trinajstić information content (AvgIpc) is 2.31. The number of nitrogens with zero attached hydrogens (tertiary/aromatic N) is 1. The highest BCUT2D eigenvalue weighted by molar-refractivity contribution is 6.30. The van der Waals surface area contributed by atoms with Gasteiger partial charge < -0.3 is 0 Å². The lowest BCUT2D eigenvalue weighted by atomic mass is 9.88. The van der Waals surface area contributed by atoms with Gasteiger partial charge >= 0.3 is 0 Å². The normalized spacial score (nSPS) is 14.6. The average molecular weight is 272 g/mol. The molecule has 0 aliphatic heterocycles. The molecule has 0 aliphatic carbocycles. The van der Waals surface area contributed by atoms with Crippen molar-refractivity contribution in [2.75, 3.05) is 14.1 Å². The van der Waals surface area contributed by atoms with E-state index in [1.54, 1.807) is 12.1 Å². The van der Waals surface area contributed by atoms with Crippen molar-refractivity contribution in [1.29, 1.82) is 0 Å². The Balaban J connectivity index is 2.93. The Morgan fingerprint density at radius 2 is 2.06 bits per heavy atom. The molecule has 100 valence electrons. The minimum atomic E-state index is -0.563. The van der Waals surface area contributed by atoms with Crippen LogP contribution in [0.4, 0.5) is 4.39 Å². The number of hydrogen-bond acceptors (Lipinski definition) is 2. The predicted octanol–water partition coefficient (Wildman–Crippen LogP) is 3.32. The highest BCUT2D eigenvalue weighted by Crippen LogP contribution is 2.22. The Labute approximate surface area is 113 Å². The van der Waals surface area contributed by atoms with E-state index < -0.39 is 11.4 Å². The van der Waals surface area contributed by atoms with E-state index in [0.717, 1.165) is 0 Å². The molecule has 1 rings (SSSR count). The summed E-state index contributed by atoms with van der Waals surface area (Å²) in [7, 11) is 3.72. The lowest BCUT2D eigenvalue weighted by Gasteiger charge is -2.34. The van der Waals surface area contributed by atoms with Crippen LogP contribution >= 0.6 is 11.6 Å². The number of likely N-dealkylation sites (N-methyl/N-ethyl adjacent to an activating group) is 1. The van der Waals surface area contributed by atoms with Gasteiger partial charge in [0.15, 0.2) is 5.78 Å². The molecule has 0 bridgehead atoms. The van der Waals surface area contributed by atoms with Crippen molar-refractivity contribution < 1.29 is 9.18 Å². The smallest absolute Gasteiger partial charge is 0.157 e. The fourth-order valence-electron chi connectivity index (χ4n) is 1.79. The maximum absolute atomic E-state index is 13.7. The summed E-state index contributed by atoms with van der Waals surface area (Å²) in [5, 5.41) is 0.342. The van der Waals surface area contributed by atoms with Gasteiger partial charge in [0, 0.05) is 11.4 Å².